The molecule has 1 rings (SSSR count). The Labute approximate surface area is 136 Å². The normalized spacial score (nSPS) is 24.1. The molecule has 0 aromatic heterocycles. The van der Waals surface area contributed by atoms with E-state index >= 15 is 0 Å². The van der Waals surface area contributed by atoms with E-state index in [1.54, 1.807) is 0 Å². The minimum Gasteiger partial charge on any atom is -0.444 e. The number of amidine groups is 1. The van der Waals surface area contributed by atoms with Crippen molar-refractivity contribution in [3.05, 3.63) is 12.7 Å². The van der Waals surface area contributed by atoms with E-state index in [1.807, 2.05) is 7.05 Å². The predicted octanol–water partition coefficient (Wildman–Crippen LogP) is 3.49. The Bertz CT molecular complexity index is 443. The number of likely N-dealkylation sites (N-methyl/N-ethyl adjacent to an activating group) is 1. The number of carbonyl (C=O) groups is 1. The molecule has 1 heterocycles. The van der Waals surface area contributed by atoms with Crippen LogP contribution in [0.5, 0.6) is 0 Å². The van der Waals surface area contributed by atoms with Crippen LogP contribution in [0.25, 0.3) is 0 Å². The summed E-state index contributed by atoms with van der Waals surface area (Å²) < 4.78 is 11.0. The van der Waals surface area contributed by atoms with E-state index in [-0.39, 0.29) is 17.6 Å². The number of likely N-dealkylation sites (tertiary alicyclic amines) is 1. The molecule has 6 heteroatoms. The summed E-state index contributed by atoms with van der Waals surface area (Å²) in [5.41, 5.74) is -0.131. The summed E-state index contributed by atoms with van der Waals surface area (Å²) in [5.74, 6) is 0.772. The van der Waals surface area contributed by atoms with Gasteiger partial charge in [-0.1, -0.05) is 33.4 Å². The third kappa shape index (κ3) is 4.20. The third-order valence-corrected chi connectivity index (χ3v) is 5.05. The fraction of sp³-hybridized carbons (Fsp3) is 0.750. The summed E-state index contributed by atoms with van der Waals surface area (Å²) in [6, 6.07) is 0. The van der Waals surface area contributed by atoms with Gasteiger partial charge in [-0.2, -0.15) is 4.99 Å². The van der Waals surface area contributed by atoms with E-state index in [1.165, 1.54) is 6.08 Å². The molecular formula is C16H29N2O3Si. The van der Waals surface area contributed by atoms with Gasteiger partial charge in [0, 0.05) is 13.5 Å². The zero-order chi connectivity index (χ0) is 17.0. The van der Waals surface area contributed by atoms with E-state index in [9.17, 15) is 4.79 Å². The minimum absolute atomic E-state index is 0.0152. The summed E-state index contributed by atoms with van der Waals surface area (Å²) in [7, 11) is 1.24. The highest BCUT2D eigenvalue weighted by atomic mass is 28.3. The second-order valence-corrected chi connectivity index (χ2v) is 9.04. The zero-order valence-electron chi connectivity index (χ0n) is 14.7. The van der Waals surface area contributed by atoms with Crippen LogP contribution in [0.3, 0.4) is 0 Å². The molecule has 125 valence electrons. The molecule has 1 amide bonds. The largest absolute Gasteiger partial charge is 0.444 e. The third-order valence-electron chi connectivity index (χ3n) is 4.33. The molecule has 0 aromatic rings. The van der Waals surface area contributed by atoms with Crippen LogP contribution >= 0.6 is 0 Å². The molecule has 0 unspecified atom stereocenters. The first-order valence-electron chi connectivity index (χ1n) is 7.66. The van der Waals surface area contributed by atoms with Crippen LogP contribution in [0.15, 0.2) is 17.6 Å². The number of rotatable bonds is 5. The van der Waals surface area contributed by atoms with Crippen molar-refractivity contribution in [2.24, 2.45) is 10.4 Å². The lowest BCUT2D eigenvalue weighted by Crippen LogP contribution is -2.56. The van der Waals surface area contributed by atoms with E-state index in [0.29, 0.717) is 6.61 Å². The Kier molecular flexibility index (Phi) is 6.37. The zero-order valence-corrected chi connectivity index (χ0v) is 15.7. The van der Waals surface area contributed by atoms with Crippen molar-refractivity contribution in [1.29, 1.82) is 0 Å². The van der Waals surface area contributed by atoms with Gasteiger partial charge in [0.2, 0.25) is 9.04 Å². The summed E-state index contributed by atoms with van der Waals surface area (Å²) in [5, 5.41) is 0. The second kappa shape index (κ2) is 7.42. The van der Waals surface area contributed by atoms with Crippen LogP contribution in [0.4, 0.5) is 4.79 Å². The molecule has 5 nitrogen and oxygen atoms in total. The van der Waals surface area contributed by atoms with Crippen LogP contribution in [-0.2, 0) is 9.16 Å². The van der Waals surface area contributed by atoms with Crippen LogP contribution in [0.1, 0.15) is 33.6 Å². The van der Waals surface area contributed by atoms with Gasteiger partial charge >= 0.3 is 6.09 Å². The first-order valence-corrected chi connectivity index (χ1v) is 10.1. The maximum absolute atomic E-state index is 11.7. The Hall–Kier alpha value is -1.14. The van der Waals surface area contributed by atoms with Crippen LogP contribution < -0.4 is 0 Å². The van der Waals surface area contributed by atoms with E-state index in [4.69, 9.17) is 9.16 Å². The molecule has 1 aliphatic rings. The monoisotopic (exact) mass is 325 g/mol. The highest BCUT2D eigenvalue weighted by Crippen LogP contribution is 2.44. The number of aliphatic imine (C=N–C) groups is 1. The number of hydrogen-bond donors (Lipinski definition) is 0. The van der Waals surface area contributed by atoms with Crippen molar-refractivity contribution in [2.45, 2.75) is 52.2 Å². The highest BCUT2D eigenvalue weighted by molar-refractivity contribution is 6.48. The van der Waals surface area contributed by atoms with Crippen molar-refractivity contribution in [3.8, 4) is 0 Å². The Morgan fingerprint density at radius 1 is 1.50 bits per heavy atom. The van der Waals surface area contributed by atoms with Crippen molar-refractivity contribution in [2.75, 3.05) is 20.3 Å². The fourth-order valence-corrected chi connectivity index (χ4v) is 3.35. The van der Waals surface area contributed by atoms with Gasteiger partial charge in [0.15, 0.2) is 0 Å². The number of ether oxygens (including phenoxy) is 1. The molecule has 0 aliphatic carbocycles. The smallest absolute Gasteiger partial charge is 0.435 e. The van der Waals surface area contributed by atoms with Gasteiger partial charge in [0.1, 0.15) is 12.4 Å². The Morgan fingerprint density at radius 2 is 2.14 bits per heavy atom. The molecule has 22 heavy (non-hydrogen) atoms. The molecular weight excluding hydrogens is 296 g/mol. The maximum Gasteiger partial charge on any atom is 0.435 e. The molecule has 0 spiro atoms. The lowest BCUT2D eigenvalue weighted by atomic mass is 9.72. The van der Waals surface area contributed by atoms with Crippen LogP contribution in [0.2, 0.25) is 13.1 Å². The lowest BCUT2D eigenvalue weighted by Gasteiger charge is -2.47. The molecule has 1 fully saturated rings. The van der Waals surface area contributed by atoms with Crippen molar-refractivity contribution in [1.82, 2.24) is 4.90 Å². The second-order valence-electron chi connectivity index (χ2n) is 6.93. The first-order chi connectivity index (χ1) is 10.1. The molecule has 1 radical (unpaired) electrons. The topological polar surface area (TPSA) is 51.1 Å². The van der Waals surface area contributed by atoms with Crippen LogP contribution in [0, 0.1) is 5.41 Å². The average molecular weight is 326 g/mol. The van der Waals surface area contributed by atoms with Gasteiger partial charge in [-0.3, -0.25) is 0 Å². The molecule has 0 saturated carbocycles. The van der Waals surface area contributed by atoms with Gasteiger partial charge in [0.05, 0.1) is 12.1 Å². The molecule has 1 atom stereocenters. The van der Waals surface area contributed by atoms with Gasteiger partial charge < -0.3 is 14.1 Å². The molecule has 1 aliphatic heterocycles. The summed E-state index contributed by atoms with van der Waals surface area (Å²) in [6.45, 7) is 15.3. The predicted molar refractivity (Wildman–Crippen MR) is 91.6 cm³/mol. The van der Waals surface area contributed by atoms with Gasteiger partial charge in [-0.25, -0.2) is 4.79 Å². The summed E-state index contributed by atoms with van der Waals surface area (Å²) >= 11 is 0. The number of amides is 1. The van der Waals surface area contributed by atoms with E-state index in [2.05, 4.69) is 50.3 Å². The standard InChI is InChI=1S/C16H29N2O3Si/c1-8-11-20-14(19)17-13-9-10-16(18(13)5,15(2,3)4)12-21-22(6)7/h8H,1,9-12H2,2-7H3/t16-/m1/s1. The van der Waals surface area contributed by atoms with Gasteiger partial charge in [-0.05, 0) is 24.9 Å². The van der Waals surface area contributed by atoms with Gasteiger partial charge in [-0.15, -0.1) is 0 Å². The van der Waals surface area contributed by atoms with Crippen LogP contribution in [-0.4, -0.2) is 51.7 Å². The minimum atomic E-state index is -0.763. The Morgan fingerprint density at radius 3 is 2.64 bits per heavy atom. The summed E-state index contributed by atoms with van der Waals surface area (Å²) in [6.07, 6.45) is 2.67. The summed E-state index contributed by atoms with van der Waals surface area (Å²) in [4.78, 5) is 18.0. The van der Waals surface area contributed by atoms with Gasteiger partial charge in [0.25, 0.3) is 0 Å². The highest BCUT2D eigenvalue weighted by Gasteiger charge is 2.50. The number of hydrogen-bond acceptors (Lipinski definition) is 3. The number of nitrogens with zero attached hydrogens (tertiary/aromatic N) is 2. The quantitative estimate of drug-likeness (QED) is 0.573. The molecule has 1 saturated heterocycles. The molecule has 0 N–H and O–H groups in total. The first kappa shape index (κ1) is 18.9. The van der Waals surface area contributed by atoms with E-state index < -0.39 is 15.1 Å². The average Bonchev–Trinajstić information content (AvgIpc) is 2.72. The molecule has 0 bridgehead atoms. The SMILES string of the molecule is C=CCOC(=O)N=C1CC[C@@](CO[Si](C)C)(C(C)(C)C)N1C. The van der Waals surface area contributed by atoms with Crippen molar-refractivity contribution >= 4 is 21.0 Å². The Balaban J connectivity index is 2.96. The van der Waals surface area contributed by atoms with Crippen molar-refractivity contribution < 1.29 is 14.0 Å². The van der Waals surface area contributed by atoms with Crippen molar-refractivity contribution in [3.63, 3.8) is 0 Å². The lowest BCUT2D eigenvalue weighted by molar-refractivity contribution is 0.0236. The molecule has 0 aromatic carbocycles. The van der Waals surface area contributed by atoms with E-state index in [0.717, 1.165) is 18.7 Å². The fourth-order valence-electron chi connectivity index (χ4n) is 2.83. The maximum atomic E-state index is 11.7. The number of carbonyl (C=O) groups excluding carboxylic acids is 1.